The monoisotopic (exact) mass is 959 g/mol. The average molecular weight is 959 g/mol. The van der Waals surface area contributed by atoms with Gasteiger partial charge in [0.25, 0.3) is 5.91 Å². The molecule has 13 heteroatoms. The summed E-state index contributed by atoms with van der Waals surface area (Å²) in [5, 5.41) is 53.6. The number of allylic oxidation sites excluding steroid dienone is 1. The Kier molecular flexibility index (Phi) is 15.6. The molecule has 12 nitrogen and oxygen atoms in total. The third-order valence-corrected chi connectivity index (χ3v) is 19.9. The zero-order valence-electron chi connectivity index (χ0n) is 41.3. The number of aryl methyl sites for hydroxylation is 3. The van der Waals surface area contributed by atoms with Gasteiger partial charge < -0.3 is 36.4 Å². The molecule has 0 fully saturated rings. The van der Waals surface area contributed by atoms with Crippen molar-refractivity contribution in [3.63, 3.8) is 0 Å². The van der Waals surface area contributed by atoms with E-state index >= 15 is 0 Å². The molecule has 0 spiro atoms. The fraction of sp³-hybridized carbons (Fsp3) is 0.429. The molecular formula is C56H71N4O8P. The van der Waals surface area contributed by atoms with Crippen molar-refractivity contribution in [3.05, 3.63) is 129 Å². The summed E-state index contributed by atoms with van der Waals surface area (Å²) in [5.41, 5.74) is 6.43. The van der Waals surface area contributed by atoms with E-state index in [0.717, 1.165) is 44.7 Å². The van der Waals surface area contributed by atoms with E-state index in [1.807, 2.05) is 0 Å². The van der Waals surface area contributed by atoms with Crippen LogP contribution in [0.2, 0.25) is 0 Å². The minimum absolute atomic E-state index is 0.0153. The van der Waals surface area contributed by atoms with E-state index < -0.39 is 71.1 Å². The maximum absolute atomic E-state index is 14.4. The van der Waals surface area contributed by atoms with Crippen LogP contribution in [0.25, 0.3) is 0 Å². The number of rotatable bonds is 19. The van der Waals surface area contributed by atoms with E-state index in [0.29, 0.717) is 17.7 Å². The zero-order chi connectivity index (χ0) is 49.9. The summed E-state index contributed by atoms with van der Waals surface area (Å²) < 4.78 is 0. The number of unbranched alkanes of at least 4 members (excludes halogenated alkanes) is 8. The molecule has 2 amide bonds. The molecule has 7 N–H and O–H groups in total. The van der Waals surface area contributed by atoms with Crippen LogP contribution in [0.3, 0.4) is 0 Å². The molecule has 368 valence electrons. The predicted molar refractivity (Wildman–Crippen MR) is 278 cm³/mol. The van der Waals surface area contributed by atoms with Crippen molar-refractivity contribution < 1.29 is 39.6 Å². The van der Waals surface area contributed by atoms with E-state index in [9.17, 15) is 39.6 Å². The van der Waals surface area contributed by atoms with Gasteiger partial charge in [-0.15, -0.1) is 0 Å². The van der Waals surface area contributed by atoms with Crippen LogP contribution in [0, 0.1) is 32.6 Å². The van der Waals surface area contributed by atoms with E-state index in [4.69, 9.17) is 5.73 Å². The van der Waals surface area contributed by atoms with Crippen molar-refractivity contribution in [3.8, 4) is 5.75 Å². The predicted octanol–water partition coefficient (Wildman–Crippen LogP) is 7.68. The van der Waals surface area contributed by atoms with Crippen molar-refractivity contribution in [1.29, 1.82) is 0 Å². The van der Waals surface area contributed by atoms with Gasteiger partial charge in [-0.3, -0.25) is 24.1 Å². The van der Waals surface area contributed by atoms with Gasteiger partial charge in [0, 0.05) is 31.3 Å². The van der Waals surface area contributed by atoms with E-state index in [1.165, 1.54) is 50.3 Å². The van der Waals surface area contributed by atoms with Crippen LogP contribution in [0.4, 0.5) is 11.4 Å². The number of fused-ring (bicyclic) bond motifs is 3. The van der Waals surface area contributed by atoms with Crippen LogP contribution in [0.15, 0.2) is 102 Å². The van der Waals surface area contributed by atoms with Gasteiger partial charge in [-0.05, 0) is 44.5 Å². The Morgan fingerprint density at radius 3 is 1.74 bits per heavy atom. The summed E-state index contributed by atoms with van der Waals surface area (Å²) in [6.45, 7) is 6.58. The number of nitrogens with zero attached hydrogens (tertiary/aromatic N) is 2. The topological polar surface area (TPSA) is 194 Å². The van der Waals surface area contributed by atoms with Gasteiger partial charge in [0.05, 0.1) is 17.3 Å². The number of carbonyl (C=O) groups excluding carboxylic acids is 4. The standard InChI is InChI=1S/C56H71N4O8P/c1-34-20-17-23-38(28-34)69(39-24-18-21-35(2)29-39,40-25-19-22-36(3)30-40)27-16-14-12-10-8-9-11-13-15-26-45(61)58-43-33-44(59(4)5)41-31-37-32-42-49(60(6)7)52(64)48(55(57)67)54(66)56(42,68)53(65)46(37)51(63)47(41)50(43)62/h17-25,28-30,33,37,42,49,62,64-65,68-69H,8-16,26-27,31-32H2,1-7H3,(H2,57,67)(H,58,61)/t37-,42-,49-,56-/m0/s1. The Bertz CT molecular complexity index is 2600. The molecule has 0 aromatic heterocycles. The third-order valence-electron chi connectivity index (χ3n) is 14.9. The molecule has 0 bridgehead atoms. The minimum atomic E-state index is -2.74. The summed E-state index contributed by atoms with van der Waals surface area (Å²) in [7, 11) is 4.43. The third kappa shape index (κ3) is 9.86. The number of aliphatic hydroxyl groups is 3. The van der Waals surface area contributed by atoms with Crippen molar-refractivity contribution in [2.75, 3.05) is 44.6 Å². The molecule has 0 saturated heterocycles. The number of nitrogens with two attached hydrogens (primary N) is 1. The number of aliphatic hydroxyl groups excluding tert-OH is 2. The Morgan fingerprint density at radius 1 is 0.754 bits per heavy atom. The Labute approximate surface area is 407 Å². The van der Waals surface area contributed by atoms with Crippen LogP contribution in [0.5, 0.6) is 5.75 Å². The summed E-state index contributed by atoms with van der Waals surface area (Å²) in [6, 6.07) is 28.1. The Morgan fingerprint density at radius 2 is 1.26 bits per heavy atom. The summed E-state index contributed by atoms with van der Waals surface area (Å²) in [4.78, 5) is 57.1. The number of amides is 2. The van der Waals surface area contributed by atoms with Crippen molar-refractivity contribution in [2.45, 2.75) is 109 Å². The zero-order valence-corrected chi connectivity index (χ0v) is 42.3. The molecule has 0 radical (unpaired) electrons. The van der Waals surface area contributed by atoms with E-state index in [-0.39, 0.29) is 42.0 Å². The number of likely N-dealkylation sites (N-methyl/N-ethyl adjacent to an activating group) is 1. The van der Waals surface area contributed by atoms with Gasteiger partial charge in [-0.1, -0.05) is 0 Å². The number of aromatic hydroxyl groups is 1. The van der Waals surface area contributed by atoms with Gasteiger partial charge >= 0.3 is 210 Å². The van der Waals surface area contributed by atoms with Crippen LogP contribution in [-0.4, -0.2) is 94.7 Å². The summed E-state index contributed by atoms with van der Waals surface area (Å²) in [5.74, 6) is -7.56. The first kappa shape index (κ1) is 51.1. The normalized spacial score (nSPS) is 20.4. The molecule has 3 aliphatic carbocycles. The van der Waals surface area contributed by atoms with Gasteiger partial charge in [0.15, 0.2) is 17.1 Å². The second kappa shape index (κ2) is 21.0. The SMILES string of the molecule is Cc1cccc([PH](CCCCCCCCCCCC(=O)Nc2cc(N(C)C)c3c(c2O)C(=O)C2=C(O)[C@]4(O)C(=O)C(C(N)=O)=C(O)[C@@H](N(C)C)[C@@H]4C[C@@H]2C3)(c2cccc(C)c2)c2cccc(C)c2)c1. The van der Waals surface area contributed by atoms with Crippen molar-refractivity contribution in [2.24, 2.45) is 17.6 Å². The number of benzene rings is 4. The molecular weight excluding hydrogens is 888 g/mol. The maximum atomic E-state index is 14.4. The second-order valence-electron chi connectivity index (χ2n) is 20.2. The molecule has 4 atom stereocenters. The molecule has 0 aliphatic heterocycles. The number of carbonyl (C=O) groups is 4. The number of hydrogen-bond acceptors (Lipinski definition) is 10. The van der Waals surface area contributed by atoms with Crippen molar-refractivity contribution >= 4 is 57.9 Å². The fourth-order valence-electron chi connectivity index (χ4n) is 11.6. The molecule has 4 aromatic carbocycles. The molecule has 4 aromatic rings. The molecule has 3 aliphatic rings. The Hall–Kier alpha value is -5.81. The first-order valence-corrected chi connectivity index (χ1v) is 26.8. The molecule has 69 heavy (non-hydrogen) atoms. The number of hydrogen-bond donors (Lipinski definition) is 6. The number of nitrogens with one attached hydrogen (secondary N) is 1. The average Bonchev–Trinajstić information content (AvgIpc) is 3.28. The van der Waals surface area contributed by atoms with Gasteiger partial charge in [-0.2, -0.15) is 0 Å². The van der Waals surface area contributed by atoms with Crippen LogP contribution < -0.4 is 31.9 Å². The number of Topliss-reactive ketones (excluding diaryl/α,β-unsaturated/α-hetero) is 2. The van der Waals surface area contributed by atoms with E-state index in [1.54, 1.807) is 39.2 Å². The first-order chi connectivity index (χ1) is 32.8. The molecule has 0 unspecified atom stereocenters. The second-order valence-corrected chi connectivity index (χ2v) is 24.3. The van der Waals surface area contributed by atoms with Crippen molar-refractivity contribution in [1.82, 2.24) is 4.90 Å². The number of anilines is 2. The number of phenols is 1. The van der Waals surface area contributed by atoms with Crippen LogP contribution in [0.1, 0.15) is 103 Å². The van der Waals surface area contributed by atoms with Crippen LogP contribution in [-0.2, 0) is 20.8 Å². The summed E-state index contributed by atoms with van der Waals surface area (Å²) in [6.07, 6.45) is 10.9. The molecule has 7 rings (SSSR count). The quantitative estimate of drug-likeness (QED) is 0.0235. The summed E-state index contributed by atoms with van der Waals surface area (Å²) >= 11 is 0. The number of primary amides is 1. The number of ketones is 2. The Balaban J connectivity index is 0.939. The van der Waals surface area contributed by atoms with Gasteiger partial charge in [0.2, 0.25) is 5.78 Å². The molecule has 0 saturated carbocycles. The first-order valence-electron chi connectivity index (χ1n) is 24.5. The van der Waals surface area contributed by atoms with Crippen LogP contribution >= 0.6 is 7.26 Å². The molecule has 0 heterocycles. The fourth-order valence-corrected chi connectivity index (χ4v) is 16.8. The van der Waals surface area contributed by atoms with E-state index in [2.05, 4.69) is 98.9 Å². The number of phenolic OH excluding ortho intramolecular Hbond substituents is 1. The van der Waals surface area contributed by atoms with Gasteiger partial charge in [0.1, 0.15) is 17.1 Å². The van der Waals surface area contributed by atoms with Gasteiger partial charge in [-0.25, -0.2) is 0 Å².